The van der Waals surface area contributed by atoms with Gasteiger partial charge in [0.2, 0.25) is 0 Å². The second kappa shape index (κ2) is 4.51. The van der Waals surface area contributed by atoms with Crippen LogP contribution in [0.25, 0.3) is 6.08 Å². The summed E-state index contributed by atoms with van der Waals surface area (Å²) in [5, 5.41) is 9.39. The van der Waals surface area contributed by atoms with Gasteiger partial charge in [-0.2, -0.15) is 0 Å². The van der Waals surface area contributed by atoms with Crippen LogP contribution in [-0.2, 0) is 0 Å². The van der Waals surface area contributed by atoms with Crippen molar-refractivity contribution in [2.45, 2.75) is 0 Å². The SMILES string of the molecule is Nc1c(Cl)cc(C=CCO)cc1Cl. The Bertz CT molecular complexity index is 313. The Kier molecular flexibility index (Phi) is 3.60. The van der Waals surface area contributed by atoms with Crippen LogP contribution in [0.15, 0.2) is 18.2 Å². The molecule has 70 valence electrons. The van der Waals surface area contributed by atoms with Gasteiger partial charge in [-0.3, -0.25) is 0 Å². The Labute approximate surface area is 86.6 Å². The summed E-state index contributed by atoms with van der Waals surface area (Å²) in [5.74, 6) is 0. The molecular weight excluding hydrogens is 209 g/mol. The lowest BCUT2D eigenvalue weighted by atomic mass is 10.2. The number of anilines is 1. The summed E-state index contributed by atoms with van der Waals surface area (Å²) in [6.45, 7) is -0.0143. The summed E-state index contributed by atoms with van der Waals surface area (Å²) >= 11 is 11.6. The molecule has 0 saturated heterocycles. The average Bonchev–Trinajstić information content (AvgIpc) is 2.10. The molecule has 0 amide bonds. The molecule has 1 aromatic carbocycles. The number of hydrogen-bond donors (Lipinski definition) is 2. The highest BCUT2D eigenvalue weighted by atomic mass is 35.5. The Morgan fingerprint density at radius 3 is 2.31 bits per heavy atom. The van der Waals surface area contributed by atoms with Gasteiger partial charge in [0.1, 0.15) is 0 Å². The number of hydrogen-bond acceptors (Lipinski definition) is 2. The molecule has 1 aromatic rings. The highest BCUT2D eigenvalue weighted by Gasteiger charge is 2.02. The number of nitrogens with two attached hydrogens (primary N) is 1. The zero-order valence-electron chi connectivity index (χ0n) is 6.80. The molecule has 0 unspecified atom stereocenters. The molecule has 13 heavy (non-hydrogen) atoms. The molecule has 2 nitrogen and oxygen atoms in total. The quantitative estimate of drug-likeness (QED) is 0.749. The van der Waals surface area contributed by atoms with E-state index in [4.69, 9.17) is 34.0 Å². The van der Waals surface area contributed by atoms with Crippen molar-refractivity contribution >= 4 is 35.0 Å². The van der Waals surface area contributed by atoms with Gasteiger partial charge in [0.05, 0.1) is 22.3 Å². The smallest absolute Gasteiger partial charge is 0.0693 e. The van der Waals surface area contributed by atoms with Gasteiger partial charge in [0.25, 0.3) is 0 Å². The first kappa shape index (κ1) is 10.4. The maximum Gasteiger partial charge on any atom is 0.0693 e. The average molecular weight is 218 g/mol. The fourth-order valence-electron chi connectivity index (χ4n) is 0.889. The second-order valence-corrected chi connectivity index (χ2v) is 3.30. The zero-order valence-corrected chi connectivity index (χ0v) is 8.31. The van der Waals surface area contributed by atoms with Crippen molar-refractivity contribution in [1.29, 1.82) is 0 Å². The standard InChI is InChI=1S/C9H9Cl2NO/c10-7-4-6(2-1-3-13)5-8(11)9(7)12/h1-2,4-5,13H,3,12H2. The van der Waals surface area contributed by atoms with E-state index in [9.17, 15) is 0 Å². The normalized spacial score (nSPS) is 11.0. The van der Waals surface area contributed by atoms with Crippen LogP contribution >= 0.6 is 23.2 Å². The lowest BCUT2D eigenvalue weighted by Gasteiger charge is -2.02. The molecule has 0 atom stereocenters. The van der Waals surface area contributed by atoms with Crippen molar-refractivity contribution in [1.82, 2.24) is 0 Å². The van der Waals surface area contributed by atoms with Crippen molar-refractivity contribution < 1.29 is 5.11 Å². The van der Waals surface area contributed by atoms with Gasteiger partial charge >= 0.3 is 0 Å². The van der Waals surface area contributed by atoms with Gasteiger partial charge in [0, 0.05) is 0 Å². The van der Waals surface area contributed by atoms with Crippen molar-refractivity contribution in [3.05, 3.63) is 33.8 Å². The summed E-state index contributed by atoms with van der Waals surface area (Å²) in [5.41, 5.74) is 6.74. The molecule has 0 radical (unpaired) electrons. The van der Waals surface area contributed by atoms with Crippen LogP contribution in [0, 0.1) is 0 Å². The molecule has 1 rings (SSSR count). The fourth-order valence-corrected chi connectivity index (χ4v) is 1.39. The predicted octanol–water partition coefficient (Wildman–Crippen LogP) is 2.58. The maximum atomic E-state index is 8.54. The molecule has 0 spiro atoms. The van der Waals surface area contributed by atoms with Crippen LogP contribution in [0.5, 0.6) is 0 Å². The Hall–Kier alpha value is -0.700. The highest BCUT2D eigenvalue weighted by molar-refractivity contribution is 6.39. The largest absolute Gasteiger partial charge is 0.396 e. The topological polar surface area (TPSA) is 46.2 Å². The van der Waals surface area contributed by atoms with Crippen molar-refractivity contribution in [2.75, 3.05) is 12.3 Å². The van der Waals surface area contributed by atoms with E-state index in [-0.39, 0.29) is 6.61 Å². The van der Waals surface area contributed by atoms with Crippen molar-refractivity contribution in [3.63, 3.8) is 0 Å². The number of nitrogen functional groups attached to an aromatic ring is 1. The summed E-state index contributed by atoms with van der Waals surface area (Å²) in [6.07, 6.45) is 3.31. The first-order chi connectivity index (χ1) is 6.15. The van der Waals surface area contributed by atoms with E-state index in [1.165, 1.54) is 0 Å². The maximum absolute atomic E-state index is 8.54. The van der Waals surface area contributed by atoms with Crippen molar-refractivity contribution in [2.24, 2.45) is 0 Å². The first-order valence-corrected chi connectivity index (χ1v) is 4.42. The van der Waals surface area contributed by atoms with Crippen LogP contribution in [-0.4, -0.2) is 11.7 Å². The lowest BCUT2D eigenvalue weighted by molar-refractivity contribution is 0.343. The fraction of sp³-hybridized carbons (Fsp3) is 0.111. The first-order valence-electron chi connectivity index (χ1n) is 3.67. The van der Waals surface area contributed by atoms with E-state index in [0.29, 0.717) is 15.7 Å². The lowest BCUT2D eigenvalue weighted by Crippen LogP contribution is -1.88. The predicted molar refractivity (Wildman–Crippen MR) is 57.0 cm³/mol. The molecule has 0 heterocycles. The van der Waals surface area contributed by atoms with E-state index in [1.54, 1.807) is 24.3 Å². The molecule has 0 aliphatic rings. The van der Waals surface area contributed by atoms with E-state index in [2.05, 4.69) is 0 Å². The van der Waals surface area contributed by atoms with Gasteiger partial charge in [-0.05, 0) is 17.7 Å². The van der Waals surface area contributed by atoms with E-state index >= 15 is 0 Å². The molecule has 0 aliphatic heterocycles. The Balaban J connectivity index is 3.06. The van der Waals surface area contributed by atoms with Gasteiger partial charge in [0.15, 0.2) is 0 Å². The van der Waals surface area contributed by atoms with E-state index in [0.717, 1.165) is 5.56 Å². The van der Waals surface area contributed by atoms with Gasteiger partial charge in [-0.1, -0.05) is 35.4 Å². The minimum absolute atomic E-state index is 0.0143. The molecule has 0 bridgehead atoms. The number of rotatable bonds is 2. The van der Waals surface area contributed by atoms with Gasteiger partial charge in [-0.15, -0.1) is 0 Å². The summed E-state index contributed by atoms with van der Waals surface area (Å²) in [7, 11) is 0. The molecule has 0 aliphatic carbocycles. The van der Waals surface area contributed by atoms with Crippen LogP contribution < -0.4 is 5.73 Å². The monoisotopic (exact) mass is 217 g/mol. The molecular formula is C9H9Cl2NO. The third-order valence-electron chi connectivity index (χ3n) is 1.52. The van der Waals surface area contributed by atoms with Crippen LogP contribution in [0.4, 0.5) is 5.69 Å². The third-order valence-corrected chi connectivity index (χ3v) is 2.14. The second-order valence-electron chi connectivity index (χ2n) is 2.48. The van der Waals surface area contributed by atoms with Crippen LogP contribution in [0.2, 0.25) is 10.0 Å². The van der Waals surface area contributed by atoms with Gasteiger partial charge in [-0.25, -0.2) is 0 Å². The molecule has 0 aromatic heterocycles. The minimum atomic E-state index is -0.0143. The Morgan fingerprint density at radius 2 is 1.85 bits per heavy atom. The summed E-state index contributed by atoms with van der Waals surface area (Å²) < 4.78 is 0. The summed E-state index contributed by atoms with van der Waals surface area (Å²) in [4.78, 5) is 0. The minimum Gasteiger partial charge on any atom is -0.396 e. The third kappa shape index (κ3) is 2.62. The van der Waals surface area contributed by atoms with Crippen LogP contribution in [0.1, 0.15) is 5.56 Å². The molecule has 0 saturated carbocycles. The van der Waals surface area contributed by atoms with E-state index in [1.807, 2.05) is 0 Å². The number of halogens is 2. The molecule has 0 fully saturated rings. The zero-order chi connectivity index (χ0) is 9.84. The van der Waals surface area contributed by atoms with Gasteiger partial charge < -0.3 is 10.8 Å². The van der Waals surface area contributed by atoms with E-state index < -0.39 is 0 Å². The highest BCUT2D eigenvalue weighted by Crippen LogP contribution is 2.29. The van der Waals surface area contributed by atoms with Crippen LogP contribution in [0.3, 0.4) is 0 Å². The molecule has 4 heteroatoms. The summed E-state index contributed by atoms with van der Waals surface area (Å²) in [6, 6.07) is 3.38. The van der Waals surface area contributed by atoms with Crippen molar-refractivity contribution in [3.8, 4) is 0 Å². The molecule has 3 N–H and O–H groups in total. The number of aliphatic hydroxyl groups excluding tert-OH is 1. The number of aliphatic hydroxyl groups is 1. The number of benzene rings is 1. The Morgan fingerprint density at radius 1 is 1.31 bits per heavy atom.